The Kier molecular flexibility index (Phi) is 4.78. The highest BCUT2D eigenvalue weighted by molar-refractivity contribution is 6.54. The summed E-state index contributed by atoms with van der Waals surface area (Å²) in [5.41, 5.74) is 2.91. The van der Waals surface area contributed by atoms with Crippen molar-refractivity contribution in [3.63, 3.8) is 0 Å². The SMILES string of the molecule is Cc1ccc(NC2=C(Cl)C(=O)N(c3cccc(Cl)c3Cl)C2=O)c(C)c1. The number of anilines is 2. The summed E-state index contributed by atoms with van der Waals surface area (Å²) in [7, 11) is 0. The van der Waals surface area contributed by atoms with Crippen molar-refractivity contribution >= 4 is 58.0 Å². The molecular formula is C18H13Cl3N2O2. The molecule has 0 radical (unpaired) electrons. The van der Waals surface area contributed by atoms with Crippen molar-refractivity contribution in [1.29, 1.82) is 0 Å². The summed E-state index contributed by atoms with van der Waals surface area (Å²) < 4.78 is 0. The highest BCUT2D eigenvalue weighted by atomic mass is 35.5. The van der Waals surface area contributed by atoms with Crippen LogP contribution >= 0.6 is 34.8 Å². The zero-order valence-corrected chi connectivity index (χ0v) is 15.6. The quantitative estimate of drug-likeness (QED) is 0.740. The Morgan fingerprint density at radius 1 is 0.960 bits per heavy atom. The van der Waals surface area contributed by atoms with E-state index in [1.807, 2.05) is 32.0 Å². The molecule has 0 fully saturated rings. The van der Waals surface area contributed by atoms with Gasteiger partial charge in [-0.1, -0.05) is 58.6 Å². The van der Waals surface area contributed by atoms with Crippen molar-refractivity contribution < 1.29 is 9.59 Å². The van der Waals surface area contributed by atoms with Crippen molar-refractivity contribution in [2.45, 2.75) is 13.8 Å². The topological polar surface area (TPSA) is 49.4 Å². The number of halogens is 3. The van der Waals surface area contributed by atoms with E-state index >= 15 is 0 Å². The van der Waals surface area contributed by atoms with Crippen LogP contribution in [0.2, 0.25) is 10.0 Å². The second-order valence-corrected chi connectivity index (χ2v) is 6.81. The van der Waals surface area contributed by atoms with Crippen molar-refractivity contribution in [3.8, 4) is 0 Å². The third kappa shape index (κ3) is 3.13. The van der Waals surface area contributed by atoms with Crippen LogP contribution in [0.15, 0.2) is 47.1 Å². The zero-order valence-electron chi connectivity index (χ0n) is 13.4. The van der Waals surface area contributed by atoms with Crippen LogP contribution in [0.4, 0.5) is 11.4 Å². The lowest BCUT2D eigenvalue weighted by molar-refractivity contribution is -0.120. The predicted molar refractivity (Wildman–Crippen MR) is 101 cm³/mol. The van der Waals surface area contributed by atoms with E-state index in [4.69, 9.17) is 34.8 Å². The molecule has 0 atom stereocenters. The third-order valence-electron chi connectivity index (χ3n) is 3.84. The Labute approximate surface area is 160 Å². The summed E-state index contributed by atoms with van der Waals surface area (Å²) in [6.45, 7) is 3.87. The molecule has 0 unspecified atom stereocenters. The number of nitrogens with one attached hydrogen (secondary N) is 1. The number of benzene rings is 2. The number of hydrogen-bond donors (Lipinski definition) is 1. The first-order chi connectivity index (χ1) is 11.8. The average Bonchev–Trinajstić information content (AvgIpc) is 2.76. The van der Waals surface area contributed by atoms with Crippen molar-refractivity contribution in [3.05, 3.63) is 68.3 Å². The van der Waals surface area contributed by atoms with E-state index in [0.29, 0.717) is 5.69 Å². The smallest absolute Gasteiger partial charge is 0.283 e. The fourth-order valence-electron chi connectivity index (χ4n) is 2.58. The monoisotopic (exact) mass is 394 g/mol. The Morgan fingerprint density at radius 2 is 1.68 bits per heavy atom. The summed E-state index contributed by atoms with van der Waals surface area (Å²) in [4.78, 5) is 26.2. The van der Waals surface area contributed by atoms with Crippen LogP contribution in [0.25, 0.3) is 0 Å². The van der Waals surface area contributed by atoms with Crippen LogP contribution in [0.5, 0.6) is 0 Å². The number of nitrogens with zero attached hydrogens (tertiary/aromatic N) is 1. The lowest BCUT2D eigenvalue weighted by atomic mass is 10.1. The van der Waals surface area contributed by atoms with Gasteiger partial charge in [-0.25, -0.2) is 4.90 Å². The maximum Gasteiger partial charge on any atom is 0.283 e. The molecule has 1 aliphatic rings. The fraction of sp³-hybridized carbons (Fsp3) is 0.111. The van der Waals surface area contributed by atoms with Gasteiger partial charge in [0.2, 0.25) is 0 Å². The first-order valence-corrected chi connectivity index (χ1v) is 8.51. The number of carbonyl (C=O) groups excluding carboxylic acids is 2. The summed E-state index contributed by atoms with van der Waals surface area (Å²) in [5, 5.41) is 3.12. The fourth-order valence-corrected chi connectivity index (χ4v) is 3.18. The summed E-state index contributed by atoms with van der Waals surface area (Å²) in [6.07, 6.45) is 0. The second-order valence-electron chi connectivity index (χ2n) is 5.65. The largest absolute Gasteiger partial charge is 0.349 e. The van der Waals surface area contributed by atoms with Crippen LogP contribution in [-0.4, -0.2) is 11.8 Å². The number of hydrogen-bond acceptors (Lipinski definition) is 3. The van der Waals surface area contributed by atoms with Gasteiger partial charge in [0.15, 0.2) is 0 Å². The van der Waals surface area contributed by atoms with E-state index in [2.05, 4.69) is 5.32 Å². The Morgan fingerprint density at radius 3 is 2.36 bits per heavy atom. The molecule has 0 aliphatic carbocycles. The van der Waals surface area contributed by atoms with Gasteiger partial charge in [-0.2, -0.15) is 0 Å². The van der Waals surface area contributed by atoms with Crippen molar-refractivity contribution in [2.24, 2.45) is 0 Å². The maximum absolute atomic E-state index is 12.8. The predicted octanol–water partition coefficient (Wildman–Crippen LogP) is 5.05. The number of rotatable bonds is 3. The summed E-state index contributed by atoms with van der Waals surface area (Å²) in [6, 6.07) is 10.4. The minimum absolute atomic E-state index is 0.00895. The first kappa shape index (κ1) is 17.8. The standard InChI is InChI=1S/C18H13Cl3N2O2/c1-9-6-7-12(10(2)8-9)22-16-15(21)17(24)23(18(16)25)13-5-3-4-11(19)14(13)20/h3-8,22H,1-2H3. The Bertz CT molecular complexity index is 938. The molecule has 25 heavy (non-hydrogen) atoms. The van der Waals surface area contributed by atoms with Crippen molar-refractivity contribution in [2.75, 3.05) is 10.2 Å². The highest BCUT2D eigenvalue weighted by Crippen LogP contribution is 2.37. The van der Waals surface area contributed by atoms with Crippen LogP contribution < -0.4 is 10.2 Å². The molecule has 2 aromatic rings. The number of aryl methyl sites for hydroxylation is 2. The van der Waals surface area contributed by atoms with Gasteiger partial charge < -0.3 is 5.32 Å². The summed E-state index contributed by atoms with van der Waals surface area (Å²) in [5.74, 6) is -1.23. The van der Waals surface area contributed by atoms with E-state index in [-0.39, 0.29) is 26.5 Å². The molecule has 0 bridgehead atoms. The zero-order chi connectivity index (χ0) is 18.3. The van der Waals surface area contributed by atoms with Gasteiger partial charge in [0.05, 0.1) is 15.7 Å². The van der Waals surface area contributed by atoms with Gasteiger partial charge in [-0.15, -0.1) is 0 Å². The molecule has 3 rings (SSSR count). The molecule has 1 aliphatic heterocycles. The lowest BCUT2D eigenvalue weighted by Crippen LogP contribution is -2.32. The first-order valence-electron chi connectivity index (χ1n) is 7.38. The average molecular weight is 396 g/mol. The van der Waals surface area contributed by atoms with Gasteiger partial charge >= 0.3 is 0 Å². The van der Waals surface area contributed by atoms with E-state index in [1.165, 1.54) is 6.07 Å². The molecule has 0 saturated heterocycles. The minimum atomic E-state index is -0.650. The van der Waals surface area contributed by atoms with Gasteiger partial charge in [0.25, 0.3) is 11.8 Å². The van der Waals surface area contributed by atoms with Gasteiger partial charge in [0.1, 0.15) is 10.7 Å². The normalized spacial score (nSPS) is 14.5. The van der Waals surface area contributed by atoms with Gasteiger partial charge in [-0.05, 0) is 37.6 Å². The van der Waals surface area contributed by atoms with E-state index in [9.17, 15) is 9.59 Å². The highest BCUT2D eigenvalue weighted by Gasteiger charge is 2.40. The maximum atomic E-state index is 12.8. The lowest BCUT2D eigenvalue weighted by Gasteiger charge is -2.17. The van der Waals surface area contributed by atoms with Crippen LogP contribution in [-0.2, 0) is 9.59 Å². The Hall–Kier alpha value is -2.01. The molecule has 2 amide bonds. The molecule has 128 valence electrons. The molecular weight excluding hydrogens is 383 g/mol. The molecule has 7 heteroatoms. The van der Waals surface area contributed by atoms with Crippen molar-refractivity contribution in [1.82, 2.24) is 0 Å². The molecule has 1 N–H and O–H groups in total. The van der Waals surface area contributed by atoms with E-state index < -0.39 is 11.8 Å². The van der Waals surface area contributed by atoms with Crippen LogP contribution in [0.1, 0.15) is 11.1 Å². The number of amides is 2. The van der Waals surface area contributed by atoms with Gasteiger partial charge in [0, 0.05) is 5.69 Å². The molecule has 1 heterocycles. The molecule has 0 saturated carbocycles. The number of imide groups is 1. The Balaban J connectivity index is 1.98. The molecule has 4 nitrogen and oxygen atoms in total. The summed E-state index contributed by atoms with van der Waals surface area (Å²) >= 11 is 18.2. The van der Waals surface area contributed by atoms with Crippen LogP contribution in [0, 0.1) is 13.8 Å². The van der Waals surface area contributed by atoms with E-state index in [0.717, 1.165) is 16.0 Å². The number of carbonyl (C=O) groups is 2. The minimum Gasteiger partial charge on any atom is -0.349 e. The molecule has 2 aromatic carbocycles. The van der Waals surface area contributed by atoms with Gasteiger partial charge in [-0.3, -0.25) is 9.59 Å². The molecule has 0 spiro atoms. The third-order valence-corrected chi connectivity index (χ3v) is 5.00. The molecule has 0 aromatic heterocycles. The van der Waals surface area contributed by atoms with E-state index in [1.54, 1.807) is 12.1 Å². The second kappa shape index (κ2) is 6.71. The van der Waals surface area contributed by atoms with Crippen LogP contribution in [0.3, 0.4) is 0 Å².